The van der Waals surface area contributed by atoms with E-state index >= 15 is 0 Å². The van der Waals surface area contributed by atoms with Crippen molar-refractivity contribution in [2.75, 3.05) is 6.54 Å². The molecule has 0 saturated carbocycles. The first kappa shape index (κ1) is 11.0. The van der Waals surface area contributed by atoms with Gasteiger partial charge in [0, 0.05) is 18.1 Å². The second-order valence-corrected chi connectivity index (χ2v) is 3.93. The molecule has 1 unspecified atom stereocenters. The zero-order valence-electron chi connectivity index (χ0n) is 9.22. The van der Waals surface area contributed by atoms with Crippen LogP contribution in [0.3, 0.4) is 0 Å². The number of rotatable bonds is 3. The Morgan fingerprint density at radius 1 is 1.44 bits per heavy atom. The number of benzene rings is 1. The van der Waals surface area contributed by atoms with Gasteiger partial charge in [0.25, 0.3) is 0 Å². The van der Waals surface area contributed by atoms with Gasteiger partial charge in [0.15, 0.2) is 0 Å². The molecular formula is C12H16N2O2. The highest BCUT2D eigenvalue weighted by Crippen LogP contribution is 2.30. The Bertz CT molecular complexity index is 505. The predicted molar refractivity (Wildman–Crippen MR) is 63.2 cm³/mol. The summed E-state index contributed by atoms with van der Waals surface area (Å²) in [6, 6.07) is 7.15. The topological polar surface area (TPSA) is 71.4 Å². The first-order chi connectivity index (χ1) is 7.65. The molecule has 4 nitrogen and oxygen atoms in total. The van der Waals surface area contributed by atoms with E-state index in [1.807, 2.05) is 23.7 Å². The quantitative estimate of drug-likeness (QED) is 0.729. The van der Waals surface area contributed by atoms with Crippen molar-refractivity contribution in [1.29, 1.82) is 0 Å². The number of aliphatic hydroxyl groups is 1. The van der Waals surface area contributed by atoms with E-state index in [-0.39, 0.29) is 5.75 Å². The molecule has 1 heterocycles. The number of nitrogens with zero attached hydrogens (tertiary/aromatic N) is 1. The SMILES string of the molecule is Cn1c(C(O)CCN)cc2c(O)cccc21. The van der Waals surface area contributed by atoms with Crippen molar-refractivity contribution in [1.82, 2.24) is 4.57 Å². The summed E-state index contributed by atoms with van der Waals surface area (Å²) in [7, 11) is 1.87. The van der Waals surface area contributed by atoms with Gasteiger partial charge in [-0.15, -0.1) is 0 Å². The lowest BCUT2D eigenvalue weighted by atomic mass is 10.1. The number of phenolic OH excluding ortho intramolecular Hbond substituents is 1. The van der Waals surface area contributed by atoms with Gasteiger partial charge >= 0.3 is 0 Å². The van der Waals surface area contributed by atoms with Gasteiger partial charge in [0.2, 0.25) is 0 Å². The molecule has 0 aliphatic heterocycles. The van der Waals surface area contributed by atoms with E-state index < -0.39 is 6.10 Å². The maximum atomic E-state index is 9.91. The van der Waals surface area contributed by atoms with Crippen LogP contribution in [0.15, 0.2) is 24.3 Å². The van der Waals surface area contributed by atoms with Crippen LogP contribution in [0.4, 0.5) is 0 Å². The third-order valence-corrected chi connectivity index (χ3v) is 2.88. The Morgan fingerprint density at radius 2 is 2.19 bits per heavy atom. The summed E-state index contributed by atoms with van der Waals surface area (Å²) in [4.78, 5) is 0. The van der Waals surface area contributed by atoms with Crippen molar-refractivity contribution < 1.29 is 10.2 Å². The summed E-state index contributed by atoms with van der Waals surface area (Å²) in [6.07, 6.45) is -0.0629. The predicted octanol–water partition coefficient (Wildman–Crippen LogP) is 1.27. The van der Waals surface area contributed by atoms with Crippen LogP contribution in [0, 0.1) is 0 Å². The Kier molecular flexibility index (Phi) is 2.85. The Labute approximate surface area is 93.9 Å². The van der Waals surface area contributed by atoms with Crippen molar-refractivity contribution in [3.05, 3.63) is 30.0 Å². The summed E-state index contributed by atoms with van der Waals surface area (Å²) < 4.78 is 1.88. The van der Waals surface area contributed by atoms with E-state index in [2.05, 4.69) is 0 Å². The van der Waals surface area contributed by atoms with Gasteiger partial charge in [0.05, 0.1) is 11.6 Å². The minimum atomic E-state index is -0.582. The monoisotopic (exact) mass is 220 g/mol. The molecule has 2 aromatic rings. The lowest BCUT2D eigenvalue weighted by Crippen LogP contribution is -2.09. The summed E-state index contributed by atoms with van der Waals surface area (Å²) in [5.74, 6) is 0.235. The molecule has 16 heavy (non-hydrogen) atoms. The van der Waals surface area contributed by atoms with E-state index in [4.69, 9.17) is 5.73 Å². The van der Waals surface area contributed by atoms with Crippen LogP contribution >= 0.6 is 0 Å². The molecule has 1 aromatic heterocycles. The lowest BCUT2D eigenvalue weighted by Gasteiger charge is -2.10. The molecule has 0 radical (unpaired) electrons. The van der Waals surface area contributed by atoms with Gasteiger partial charge in [-0.2, -0.15) is 0 Å². The molecule has 1 atom stereocenters. The number of hydrogen-bond donors (Lipinski definition) is 3. The van der Waals surface area contributed by atoms with Crippen molar-refractivity contribution in [2.45, 2.75) is 12.5 Å². The molecule has 4 heteroatoms. The van der Waals surface area contributed by atoms with Crippen LogP contribution in [0.25, 0.3) is 10.9 Å². The second-order valence-electron chi connectivity index (χ2n) is 3.93. The Hall–Kier alpha value is -1.52. The van der Waals surface area contributed by atoms with Crippen LogP contribution in [0.1, 0.15) is 18.2 Å². The van der Waals surface area contributed by atoms with Crippen molar-refractivity contribution >= 4 is 10.9 Å². The highest BCUT2D eigenvalue weighted by molar-refractivity contribution is 5.87. The van der Waals surface area contributed by atoms with Crippen molar-refractivity contribution in [2.24, 2.45) is 12.8 Å². The number of aryl methyl sites for hydroxylation is 1. The zero-order chi connectivity index (χ0) is 11.7. The normalized spacial score (nSPS) is 13.2. The average molecular weight is 220 g/mol. The largest absolute Gasteiger partial charge is 0.507 e. The van der Waals surface area contributed by atoms with Gasteiger partial charge in [-0.05, 0) is 31.2 Å². The summed E-state index contributed by atoms with van der Waals surface area (Å²) >= 11 is 0. The van der Waals surface area contributed by atoms with E-state index in [1.165, 1.54) is 0 Å². The third-order valence-electron chi connectivity index (χ3n) is 2.88. The smallest absolute Gasteiger partial charge is 0.124 e. The van der Waals surface area contributed by atoms with Crippen LogP contribution in [0.2, 0.25) is 0 Å². The van der Waals surface area contributed by atoms with Crippen LogP contribution < -0.4 is 5.73 Å². The summed E-state index contributed by atoms with van der Waals surface area (Å²) in [5, 5.41) is 20.4. The number of fused-ring (bicyclic) bond motifs is 1. The number of aromatic hydroxyl groups is 1. The van der Waals surface area contributed by atoms with Crippen LogP contribution in [-0.4, -0.2) is 21.3 Å². The molecular weight excluding hydrogens is 204 g/mol. The standard InChI is InChI=1S/C12H16N2O2/c1-14-9-3-2-4-11(15)8(9)7-10(14)12(16)5-6-13/h2-4,7,12,15-16H,5-6,13H2,1H3. The van der Waals surface area contributed by atoms with Crippen LogP contribution in [-0.2, 0) is 7.05 Å². The number of hydrogen-bond acceptors (Lipinski definition) is 3. The third kappa shape index (κ3) is 1.66. The number of aromatic nitrogens is 1. The zero-order valence-corrected chi connectivity index (χ0v) is 9.22. The van der Waals surface area contributed by atoms with Crippen LogP contribution in [0.5, 0.6) is 5.75 Å². The number of aliphatic hydroxyl groups excluding tert-OH is 1. The van der Waals surface area contributed by atoms with E-state index in [0.29, 0.717) is 13.0 Å². The number of phenols is 1. The maximum absolute atomic E-state index is 9.91. The van der Waals surface area contributed by atoms with Gasteiger partial charge in [-0.3, -0.25) is 0 Å². The fourth-order valence-electron chi connectivity index (χ4n) is 1.99. The van der Waals surface area contributed by atoms with E-state index in [0.717, 1.165) is 16.6 Å². The van der Waals surface area contributed by atoms with Gasteiger partial charge < -0.3 is 20.5 Å². The average Bonchev–Trinajstić information content (AvgIpc) is 2.59. The molecule has 2 rings (SSSR count). The second kappa shape index (κ2) is 4.15. The lowest BCUT2D eigenvalue weighted by molar-refractivity contribution is 0.162. The molecule has 0 bridgehead atoms. The minimum Gasteiger partial charge on any atom is -0.507 e. The Balaban J connectivity index is 2.55. The maximum Gasteiger partial charge on any atom is 0.124 e. The Morgan fingerprint density at radius 3 is 2.81 bits per heavy atom. The first-order valence-corrected chi connectivity index (χ1v) is 5.30. The highest BCUT2D eigenvalue weighted by Gasteiger charge is 2.14. The summed E-state index contributed by atoms with van der Waals surface area (Å²) in [5.41, 5.74) is 7.11. The molecule has 0 aliphatic carbocycles. The summed E-state index contributed by atoms with van der Waals surface area (Å²) in [6.45, 7) is 0.439. The molecule has 4 N–H and O–H groups in total. The van der Waals surface area contributed by atoms with Gasteiger partial charge in [-0.1, -0.05) is 6.07 Å². The molecule has 0 spiro atoms. The molecule has 0 amide bonds. The highest BCUT2D eigenvalue weighted by atomic mass is 16.3. The minimum absolute atomic E-state index is 0.235. The molecule has 1 aromatic carbocycles. The molecule has 0 aliphatic rings. The van der Waals surface area contributed by atoms with Gasteiger partial charge in [0.1, 0.15) is 5.75 Å². The molecule has 0 fully saturated rings. The molecule has 86 valence electrons. The van der Waals surface area contributed by atoms with E-state index in [1.54, 1.807) is 12.1 Å². The van der Waals surface area contributed by atoms with Crippen molar-refractivity contribution in [3.63, 3.8) is 0 Å². The first-order valence-electron chi connectivity index (χ1n) is 5.30. The van der Waals surface area contributed by atoms with Gasteiger partial charge in [-0.25, -0.2) is 0 Å². The fourth-order valence-corrected chi connectivity index (χ4v) is 1.99. The number of nitrogens with two attached hydrogens (primary N) is 1. The van der Waals surface area contributed by atoms with Crippen molar-refractivity contribution in [3.8, 4) is 5.75 Å². The molecule has 0 saturated heterocycles. The van der Waals surface area contributed by atoms with E-state index in [9.17, 15) is 10.2 Å². The fraction of sp³-hybridized carbons (Fsp3) is 0.333.